The van der Waals surface area contributed by atoms with Gasteiger partial charge in [-0.05, 0) is 31.2 Å². The number of carbonyl (C=O) groups excluding carboxylic acids is 2. The van der Waals surface area contributed by atoms with E-state index in [-0.39, 0.29) is 18.4 Å². The summed E-state index contributed by atoms with van der Waals surface area (Å²) < 4.78 is 10.7. The van der Waals surface area contributed by atoms with Gasteiger partial charge >= 0.3 is 0 Å². The second-order valence-electron chi connectivity index (χ2n) is 4.25. The third-order valence-electron chi connectivity index (χ3n) is 2.60. The van der Waals surface area contributed by atoms with E-state index in [1.807, 2.05) is 6.92 Å². The summed E-state index contributed by atoms with van der Waals surface area (Å²) in [7, 11) is 0. The first-order valence-electron chi connectivity index (χ1n) is 7.04. The van der Waals surface area contributed by atoms with Crippen LogP contribution in [-0.2, 0) is 9.59 Å². The molecule has 0 radical (unpaired) electrons. The molecule has 0 heterocycles. The first-order chi connectivity index (χ1) is 10.2. The first-order valence-corrected chi connectivity index (χ1v) is 7.04. The van der Waals surface area contributed by atoms with E-state index in [1.54, 1.807) is 31.2 Å². The number of rotatable bonds is 9. The van der Waals surface area contributed by atoms with Crippen molar-refractivity contribution in [3.8, 4) is 11.5 Å². The van der Waals surface area contributed by atoms with Gasteiger partial charge in [0, 0.05) is 19.5 Å². The molecule has 0 saturated carbocycles. The van der Waals surface area contributed by atoms with Gasteiger partial charge in [-0.15, -0.1) is 0 Å². The summed E-state index contributed by atoms with van der Waals surface area (Å²) in [6, 6.07) is 7.08. The molecule has 0 bridgehead atoms. The standard InChI is InChI=1S/C15H22N2O4/c1-3-14(18)16-9-10-17-15(19)11-21-13-7-5-12(6-8-13)20-4-2/h5-8H,3-4,9-11H2,1-2H3,(H,16,18)(H,17,19). The number of carbonyl (C=O) groups is 2. The lowest BCUT2D eigenvalue weighted by atomic mass is 10.3. The molecule has 0 aliphatic carbocycles. The van der Waals surface area contributed by atoms with Crippen LogP contribution in [0.5, 0.6) is 11.5 Å². The van der Waals surface area contributed by atoms with Gasteiger partial charge in [0.05, 0.1) is 6.61 Å². The molecule has 0 unspecified atom stereocenters. The monoisotopic (exact) mass is 294 g/mol. The molecule has 1 rings (SSSR count). The summed E-state index contributed by atoms with van der Waals surface area (Å²) in [5.41, 5.74) is 0. The van der Waals surface area contributed by atoms with Crippen LogP contribution in [0.25, 0.3) is 0 Å². The second kappa shape index (κ2) is 9.63. The van der Waals surface area contributed by atoms with Gasteiger partial charge in [-0.1, -0.05) is 6.92 Å². The number of hydrogen-bond acceptors (Lipinski definition) is 4. The van der Waals surface area contributed by atoms with Crippen molar-refractivity contribution in [2.45, 2.75) is 20.3 Å². The molecule has 0 spiro atoms. The zero-order chi connectivity index (χ0) is 15.5. The maximum absolute atomic E-state index is 11.5. The summed E-state index contributed by atoms with van der Waals surface area (Å²) in [5.74, 6) is 1.11. The Labute approximate surface area is 124 Å². The first kappa shape index (κ1) is 16.8. The average molecular weight is 294 g/mol. The van der Waals surface area contributed by atoms with E-state index < -0.39 is 0 Å². The summed E-state index contributed by atoms with van der Waals surface area (Å²) >= 11 is 0. The number of amides is 2. The minimum atomic E-state index is -0.227. The van der Waals surface area contributed by atoms with Crippen molar-refractivity contribution in [3.05, 3.63) is 24.3 Å². The molecular formula is C15H22N2O4. The SMILES string of the molecule is CCOc1ccc(OCC(=O)NCCNC(=O)CC)cc1. The van der Waals surface area contributed by atoms with Crippen LogP contribution < -0.4 is 20.1 Å². The smallest absolute Gasteiger partial charge is 0.258 e. The molecular weight excluding hydrogens is 272 g/mol. The average Bonchev–Trinajstić information content (AvgIpc) is 2.51. The number of nitrogens with one attached hydrogen (secondary N) is 2. The third kappa shape index (κ3) is 7.20. The molecule has 2 N–H and O–H groups in total. The minimum absolute atomic E-state index is 0.0325. The predicted octanol–water partition coefficient (Wildman–Crippen LogP) is 1.11. The topological polar surface area (TPSA) is 76.7 Å². The third-order valence-corrected chi connectivity index (χ3v) is 2.60. The fraction of sp³-hybridized carbons (Fsp3) is 0.467. The van der Waals surface area contributed by atoms with Crippen LogP contribution in [0, 0.1) is 0 Å². The predicted molar refractivity (Wildman–Crippen MR) is 79.4 cm³/mol. The number of ether oxygens (including phenoxy) is 2. The Balaban J connectivity index is 2.19. The van der Waals surface area contributed by atoms with E-state index in [1.165, 1.54) is 0 Å². The normalized spacial score (nSPS) is 9.81. The Kier molecular flexibility index (Phi) is 7.71. The van der Waals surface area contributed by atoms with E-state index >= 15 is 0 Å². The van der Waals surface area contributed by atoms with Crippen molar-refractivity contribution in [1.82, 2.24) is 10.6 Å². The quantitative estimate of drug-likeness (QED) is 0.669. The summed E-state index contributed by atoms with van der Waals surface area (Å²) in [4.78, 5) is 22.5. The molecule has 116 valence electrons. The molecule has 6 nitrogen and oxygen atoms in total. The van der Waals surface area contributed by atoms with E-state index in [4.69, 9.17) is 9.47 Å². The highest BCUT2D eigenvalue weighted by atomic mass is 16.5. The highest BCUT2D eigenvalue weighted by Crippen LogP contribution is 2.17. The maximum atomic E-state index is 11.5. The Morgan fingerprint density at radius 1 is 0.905 bits per heavy atom. The van der Waals surface area contributed by atoms with Crippen molar-refractivity contribution in [2.75, 3.05) is 26.3 Å². The van der Waals surface area contributed by atoms with Crippen LogP contribution in [0.4, 0.5) is 0 Å². The Morgan fingerprint density at radius 2 is 1.43 bits per heavy atom. The number of hydrogen-bond donors (Lipinski definition) is 2. The fourth-order valence-electron chi connectivity index (χ4n) is 1.53. The Morgan fingerprint density at radius 3 is 1.95 bits per heavy atom. The molecule has 21 heavy (non-hydrogen) atoms. The molecule has 0 saturated heterocycles. The molecule has 0 aromatic heterocycles. The molecule has 0 aliphatic rings. The van der Waals surface area contributed by atoms with Crippen molar-refractivity contribution in [3.63, 3.8) is 0 Å². The highest BCUT2D eigenvalue weighted by molar-refractivity contribution is 5.78. The van der Waals surface area contributed by atoms with Crippen molar-refractivity contribution >= 4 is 11.8 Å². The van der Waals surface area contributed by atoms with E-state index in [2.05, 4.69) is 10.6 Å². The van der Waals surface area contributed by atoms with Gasteiger partial charge in [0.25, 0.3) is 5.91 Å². The summed E-state index contributed by atoms with van der Waals surface area (Å²) in [5, 5.41) is 5.33. The largest absolute Gasteiger partial charge is 0.494 e. The van der Waals surface area contributed by atoms with Gasteiger partial charge in [0.15, 0.2) is 6.61 Å². The molecule has 0 fully saturated rings. The Hall–Kier alpha value is -2.24. The van der Waals surface area contributed by atoms with Crippen molar-refractivity contribution < 1.29 is 19.1 Å². The van der Waals surface area contributed by atoms with Crippen LogP contribution >= 0.6 is 0 Å². The Bertz CT molecular complexity index is 445. The van der Waals surface area contributed by atoms with Gasteiger partial charge in [0.2, 0.25) is 5.91 Å². The molecule has 1 aromatic rings. The lowest BCUT2D eigenvalue weighted by molar-refractivity contribution is -0.124. The lowest BCUT2D eigenvalue weighted by Gasteiger charge is -2.09. The summed E-state index contributed by atoms with van der Waals surface area (Å²) in [6.45, 7) is 5.04. The van der Waals surface area contributed by atoms with E-state index in [0.29, 0.717) is 31.9 Å². The van der Waals surface area contributed by atoms with Gasteiger partial charge < -0.3 is 20.1 Å². The van der Waals surface area contributed by atoms with Crippen LogP contribution in [0.1, 0.15) is 20.3 Å². The molecule has 6 heteroatoms. The van der Waals surface area contributed by atoms with Crippen LogP contribution in [0.3, 0.4) is 0 Å². The summed E-state index contributed by atoms with van der Waals surface area (Å²) in [6.07, 6.45) is 0.439. The van der Waals surface area contributed by atoms with Crippen LogP contribution in [0.15, 0.2) is 24.3 Å². The maximum Gasteiger partial charge on any atom is 0.258 e. The zero-order valence-electron chi connectivity index (χ0n) is 12.5. The molecule has 1 aromatic carbocycles. The van der Waals surface area contributed by atoms with Gasteiger partial charge in [-0.3, -0.25) is 9.59 Å². The van der Waals surface area contributed by atoms with E-state index in [9.17, 15) is 9.59 Å². The van der Waals surface area contributed by atoms with Gasteiger partial charge in [-0.2, -0.15) is 0 Å². The molecule has 0 atom stereocenters. The van der Waals surface area contributed by atoms with Gasteiger partial charge in [-0.25, -0.2) is 0 Å². The lowest BCUT2D eigenvalue weighted by Crippen LogP contribution is -2.36. The highest BCUT2D eigenvalue weighted by Gasteiger charge is 2.03. The van der Waals surface area contributed by atoms with Gasteiger partial charge in [0.1, 0.15) is 11.5 Å². The molecule has 2 amide bonds. The minimum Gasteiger partial charge on any atom is -0.494 e. The number of benzene rings is 1. The fourth-order valence-corrected chi connectivity index (χ4v) is 1.53. The van der Waals surface area contributed by atoms with Crippen LogP contribution in [0.2, 0.25) is 0 Å². The molecule has 0 aliphatic heterocycles. The zero-order valence-corrected chi connectivity index (χ0v) is 12.5. The second-order valence-corrected chi connectivity index (χ2v) is 4.25. The van der Waals surface area contributed by atoms with E-state index in [0.717, 1.165) is 5.75 Å². The van der Waals surface area contributed by atoms with Crippen molar-refractivity contribution in [2.24, 2.45) is 0 Å². The van der Waals surface area contributed by atoms with Crippen molar-refractivity contribution in [1.29, 1.82) is 0 Å². The van der Waals surface area contributed by atoms with Crippen LogP contribution in [-0.4, -0.2) is 38.1 Å².